The second-order valence-corrected chi connectivity index (χ2v) is 11.3. The SMILES string of the molecule is CC(=O)NC1(c2ccccc2)CCN(CCC(c2ccc(Cl)c(Cl)c2)C2c3ccccc3C(=O)N2C)CC1. The van der Waals surface area contributed by atoms with Crippen molar-refractivity contribution >= 4 is 35.0 Å². The Hall–Kier alpha value is -2.86. The molecule has 5 rings (SSSR count). The van der Waals surface area contributed by atoms with Gasteiger partial charge in [0.25, 0.3) is 5.91 Å². The molecule has 2 atom stereocenters. The number of carbonyl (C=O) groups is 2. The van der Waals surface area contributed by atoms with Gasteiger partial charge >= 0.3 is 0 Å². The van der Waals surface area contributed by atoms with E-state index in [9.17, 15) is 9.59 Å². The van der Waals surface area contributed by atoms with Gasteiger partial charge in [0.1, 0.15) is 0 Å². The van der Waals surface area contributed by atoms with Crippen LogP contribution in [0.2, 0.25) is 10.0 Å². The average molecular weight is 551 g/mol. The van der Waals surface area contributed by atoms with Crippen molar-refractivity contribution in [1.82, 2.24) is 15.1 Å². The third kappa shape index (κ3) is 5.20. The fourth-order valence-corrected chi connectivity index (χ4v) is 6.58. The summed E-state index contributed by atoms with van der Waals surface area (Å²) >= 11 is 12.7. The minimum Gasteiger partial charge on any atom is -0.347 e. The van der Waals surface area contributed by atoms with Gasteiger partial charge in [0.2, 0.25) is 5.91 Å². The van der Waals surface area contributed by atoms with E-state index >= 15 is 0 Å². The van der Waals surface area contributed by atoms with Crippen LogP contribution in [0.1, 0.15) is 65.2 Å². The Kier molecular flexibility index (Phi) is 7.80. The van der Waals surface area contributed by atoms with Crippen LogP contribution < -0.4 is 5.32 Å². The van der Waals surface area contributed by atoms with Gasteiger partial charge in [0, 0.05) is 38.5 Å². The van der Waals surface area contributed by atoms with Crippen LogP contribution in [0, 0.1) is 0 Å². The molecule has 0 aliphatic carbocycles. The molecular weight excluding hydrogens is 517 g/mol. The lowest BCUT2D eigenvalue weighted by atomic mass is 9.80. The van der Waals surface area contributed by atoms with E-state index in [0.29, 0.717) is 10.0 Å². The molecule has 38 heavy (non-hydrogen) atoms. The summed E-state index contributed by atoms with van der Waals surface area (Å²) in [6.07, 6.45) is 2.55. The summed E-state index contributed by atoms with van der Waals surface area (Å²) in [4.78, 5) is 29.6. The zero-order valence-corrected chi connectivity index (χ0v) is 23.3. The number of likely N-dealkylation sites (tertiary alicyclic amines) is 1. The van der Waals surface area contributed by atoms with Crippen molar-refractivity contribution in [2.45, 2.75) is 43.7 Å². The zero-order chi connectivity index (χ0) is 26.9. The maximum absolute atomic E-state index is 13.1. The number of hydrogen-bond acceptors (Lipinski definition) is 3. The quantitative estimate of drug-likeness (QED) is 0.369. The lowest BCUT2D eigenvalue weighted by Crippen LogP contribution is -2.52. The summed E-state index contributed by atoms with van der Waals surface area (Å²) in [6.45, 7) is 4.21. The molecule has 2 aliphatic rings. The molecule has 0 spiro atoms. The Balaban J connectivity index is 1.37. The number of amides is 2. The lowest BCUT2D eigenvalue weighted by Gasteiger charge is -2.43. The molecule has 0 saturated carbocycles. The van der Waals surface area contributed by atoms with Crippen LogP contribution in [0.4, 0.5) is 0 Å². The standard InChI is InChI=1S/C31H33Cl2N3O2/c1-21(37)34-31(23-8-4-3-5-9-23)15-18-36(19-16-31)17-14-24(22-12-13-27(32)28(33)20-22)29-25-10-6-7-11-26(25)30(38)35(29)2/h3-13,20,24,29H,14-19H2,1-2H3,(H,34,37). The Morgan fingerprint density at radius 1 is 1.00 bits per heavy atom. The molecule has 198 valence electrons. The normalized spacial score (nSPS) is 19.7. The van der Waals surface area contributed by atoms with Crippen molar-refractivity contribution < 1.29 is 9.59 Å². The van der Waals surface area contributed by atoms with Gasteiger partial charge in [-0.2, -0.15) is 0 Å². The van der Waals surface area contributed by atoms with Crippen LogP contribution in [0.15, 0.2) is 72.8 Å². The van der Waals surface area contributed by atoms with E-state index in [-0.39, 0.29) is 29.3 Å². The molecular formula is C31H33Cl2N3O2. The number of rotatable bonds is 7. The Morgan fingerprint density at radius 2 is 1.68 bits per heavy atom. The predicted molar refractivity (Wildman–Crippen MR) is 153 cm³/mol. The van der Waals surface area contributed by atoms with Gasteiger partial charge in [-0.05, 0) is 60.7 Å². The third-order valence-corrected chi connectivity index (χ3v) is 8.95. The average Bonchev–Trinajstić information content (AvgIpc) is 3.17. The molecule has 3 aromatic carbocycles. The second-order valence-electron chi connectivity index (χ2n) is 10.5. The fourth-order valence-electron chi connectivity index (χ4n) is 6.27. The number of piperidine rings is 1. The Bertz CT molecular complexity index is 1320. The maximum atomic E-state index is 13.1. The van der Waals surface area contributed by atoms with Crippen LogP contribution in [0.25, 0.3) is 0 Å². The van der Waals surface area contributed by atoms with Crippen LogP contribution in [-0.4, -0.2) is 48.3 Å². The monoisotopic (exact) mass is 549 g/mol. The molecule has 1 saturated heterocycles. The summed E-state index contributed by atoms with van der Waals surface area (Å²) < 4.78 is 0. The molecule has 0 aromatic heterocycles. The molecule has 5 nitrogen and oxygen atoms in total. The summed E-state index contributed by atoms with van der Waals surface area (Å²) in [7, 11) is 1.89. The van der Waals surface area contributed by atoms with Crippen molar-refractivity contribution in [3.63, 3.8) is 0 Å². The number of likely N-dealkylation sites (N-methyl/N-ethyl adjacent to an activating group) is 1. The van der Waals surface area contributed by atoms with Crippen LogP contribution in [0.3, 0.4) is 0 Å². The van der Waals surface area contributed by atoms with Crippen molar-refractivity contribution in [3.8, 4) is 0 Å². The van der Waals surface area contributed by atoms with Crippen molar-refractivity contribution in [1.29, 1.82) is 0 Å². The maximum Gasteiger partial charge on any atom is 0.254 e. The minimum atomic E-state index is -0.344. The van der Waals surface area contributed by atoms with Crippen molar-refractivity contribution in [2.24, 2.45) is 0 Å². The first-order valence-electron chi connectivity index (χ1n) is 13.2. The second kappa shape index (κ2) is 11.1. The lowest BCUT2D eigenvalue weighted by molar-refractivity contribution is -0.121. The highest BCUT2D eigenvalue weighted by molar-refractivity contribution is 6.42. The summed E-state index contributed by atoms with van der Waals surface area (Å²) in [5, 5.41) is 4.31. The van der Waals surface area contributed by atoms with Crippen molar-refractivity contribution in [3.05, 3.63) is 105 Å². The first-order valence-corrected chi connectivity index (χ1v) is 13.9. The molecule has 0 bridgehead atoms. The zero-order valence-electron chi connectivity index (χ0n) is 21.8. The summed E-state index contributed by atoms with van der Waals surface area (Å²) in [5.41, 5.74) is 3.72. The van der Waals surface area contributed by atoms with E-state index < -0.39 is 0 Å². The van der Waals surface area contributed by atoms with E-state index in [0.717, 1.165) is 61.2 Å². The number of halogens is 2. The highest BCUT2D eigenvalue weighted by Gasteiger charge is 2.41. The highest BCUT2D eigenvalue weighted by atomic mass is 35.5. The molecule has 2 aliphatic heterocycles. The first-order chi connectivity index (χ1) is 18.3. The number of nitrogens with zero attached hydrogens (tertiary/aromatic N) is 2. The molecule has 7 heteroatoms. The van der Waals surface area contributed by atoms with E-state index in [1.54, 1.807) is 6.92 Å². The van der Waals surface area contributed by atoms with Gasteiger partial charge in [-0.15, -0.1) is 0 Å². The largest absolute Gasteiger partial charge is 0.347 e. The molecule has 2 amide bonds. The van der Waals surface area contributed by atoms with Crippen LogP contribution >= 0.6 is 23.2 Å². The van der Waals surface area contributed by atoms with Gasteiger partial charge in [0.15, 0.2) is 0 Å². The number of nitrogens with one attached hydrogen (secondary N) is 1. The summed E-state index contributed by atoms with van der Waals surface area (Å²) in [5.74, 6) is 0.102. The number of hydrogen-bond donors (Lipinski definition) is 1. The third-order valence-electron chi connectivity index (χ3n) is 8.21. The molecule has 1 fully saturated rings. The highest BCUT2D eigenvalue weighted by Crippen LogP contribution is 2.45. The smallest absolute Gasteiger partial charge is 0.254 e. The minimum absolute atomic E-state index is 0.00501. The molecule has 2 unspecified atom stereocenters. The number of benzene rings is 3. The number of fused-ring (bicyclic) bond motifs is 1. The topological polar surface area (TPSA) is 52.7 Å². The van der Waals surface area contributed by atoms with E-state index in [1.165, 1.54) is 0 Å². The van der Waals surface area contributed by atoms with Gasteiger partial charge in [-0.3, -0.25) is 9.59 Å². The molecule has 0 radical (unpaired) electrons. The molecule has 1 N–H and O–H groups in total. The van der Waals surface area contributed by atoms with Gasteiger partial charge in [0.05, 0.1) is 21.6 Å². The number of carbonyl (C=O) groups excluding carboxylic acids is 2. The van der Waals surface area contributed by atoms with E-state index in [2.05, 4.69) is 28.4 Å². The van der Waals surface area contributed by atoms with Gasteiger partial charge < -0.3 is 15.1 Å². The van der Waals surface area contributed by atoms with Gasteiger partial charge in [-0.25, -0.2) is 0 Å². The van der Waals surface area contributed by atoms with Crippen LogP contribution in [0.5, 0.6) is 0 Å². The Labute approximate surface area is 234 Å². The predicted octanol–water partition coefficient (Wildman–Crippen LogP) is 6.42. The summed E-state index contributed by atoms with van der Waals surface area (Å²) in [6, 6.07) is 23.9. The van der Waals surface area contributed by atoms with E-state index in [4.69, 9.17) is 23.2 Å². The van der Waals surface area contributed by atoms with E-state index in [1.807, 2.05) is 66.5 Å². The molecule has 3 aromatic rings. The van der Waals surface area contributed by atoms with Crippen LogP contribution in [-0.2, 0) is 10.3 Å². The Morgan fingerprint density at radius 3 is 2.37 bits per heavy atom. The van der Waals surface area contributed by atoms with Crippen molar-refractivity contribution in [2.75, 3.05) is 26.7 Å². The first kappa shape index (κ1) is 26.7. The fraction of sp³-hybridized carbons (Fsp3) is 0.355. The molecule has 2 heterocycles. The van der Waals surface area contributed by atoms with Gasteiger partial charge in [-0.1, -0.05) is 77.8 Å².